The van der Waals surface area contributed by atoms with E-state index in [0.29, 0.717) is 39.4 Å². The molecule has 4 heterocycles. The second kappa shape index (κ2) is 11.0. The molecule has 0 aliphatic carbocycles. The van der Waals surface area contributed by atoms with Crippen molar-refractivity contribution in [2.24, 2.45) is 5.41 Å². The van der Waals surface area contributed by atoms with Gasteiger partial charge in [0.1, 0.15) is 33.4 Å². The number of nitrogens with zero attached hydrogens (tertiary/aromatic N) is 4. The zero-order valence-corrected chi connectivity index (χ0v) is 24.2. The first kappa shape index (κ1) is 28.2. The lowest BCUT2D eigenvalue weighted by Gasteiger charge is -2.28. The van der Waals surface area contributed by atoms with E-state index in [2.05, 4.69) is 9.97 Å². The van der Waals surface area contributed by atoms with Gasteiger partial charge in [-0.15, -0.1) is 11.3 Å². The fourth-order valence-electron chi connectivity index (χ4n) is 5.15. The number of benzene rings is 2. The number of rotatable bonds is 8. The Morgan fingerprint density at radius 2 is 2.02 bits per heavy atom. The van der Waals surface area contributed by atoms with Crippen molar-refractivity contribution in [1.29, 1.82) is 0 Å². The van der Waals surface area contributed by atoms with E-state index in [9.17, 15) is 9.90 Å². The maximum absolute atomic E-state index is 15.6. The highest BCUT2D eigenvalue weighted by Crippen LogP contribution is 2.40. The predicted molar refractivity (Wildman–Crippen MR) is 154 cm³/mol. The summed E-state index contributed by atoms with van der Waals surface area (Å²) < 4.78 is 45.0. The number of fused-ring (bicyclic) bond motifs is 1. The van der Waals surface area contributed by atoms with E-state index in [1.807, 2.05) is 18.4 Å². The summed E-state index contributed by atoms with van der Waals surface area (Å²) in [5.41, 5.74) is 1.30. The molecule has 216 valence electrons. The Morgan fingerprint density at radius 3 is 2.74 bits per heavy atom. The second-order valence-electron chi connectivity index (χ2n) is 10.7. The number of pyridine rings is 1. The summed E-state index contributed by atoms with van der Waals surface area (Å²) in [7, 11) is 0. The highest BCUT2D eigenvalue weighted by molar-refractivity contribution is 7.15. The third-order valence-corrected chi connectivity index (χ3v) is 8.41. The van der Waals surface area contributed by atoms with E-state index in [-0.39, 0.29) is 52.7 Å². The first-order chi connectivity index (χ1) is 20.1. The molecule has 1 fully saturated rings. The smallest absolute Gasteiger partial charge is 0.335 e. The molecule has 5 aromatic rings. The SMILES string of the molecule is CC1(C)COC[C@H]1n1c(Cc2cc(F)c(-c3cccc(OCc4ncc(Cl)s4)n3)cc2F)nc2ccc(C(=O)O)cc21. The number of carboxylic acid groups (broad SMARTS) is 1. The average Bonchev–Trinajstić information content (AvgIpc) is 3.64. The van der Waals surface area contributed by atoms with Crippen LogP contribution in [0.4, 0.5) is 8.78 Å². The molecule has 1 aliphatic rings. The third-order valence-electron chi connectivity index (χ3n) is 7.33. The molecule has 1 N–H and O–H groups in total. The molecule has 8 nitrogen and oxygen atoms in total. The van der Waals surface area contributed by atoms with Crippen molar-refractivity contribution in [2.45, 2.75) is 32.9 Å². The van der Waals surface area contributed by atoms with E-state index in [1.54, 1.807) is 30.3 Å². The summed E-state index contributed by atoms with van der Waals surface area (Å²) in [6.07, 6.45) is 1.51. The normalized spacial score (nSPS) is 16.3. The molecule has 3 aromatic heterocycles. The zero-order valence-electron chi connectivity index (χ0n) is 22.6. The van der Waals surface area contributed by atoms with Gasteiger partial charge in [0, 0.05) is 23.5 Å². The Hall–Kier alpha value is -3.93. The van der Waals surface area contributed by atoms with Gasteiger partial charge >= 0.3 is 5.97 Å². The van der Waals surface area contributed by atoms with Crippen LogP contribution >= 0.6 is 22.9 Å². The minimum absolute atomic E-state index is 0.0103. The first-order valence-electron chi connectivity index (χ1n) is 13.1. The number of carboxylic acids is 1. The van der Waals surface area contributed by atoms with Crippen LogP contribution in [0, 0.1) is 17.0 Å². The molecule has 1 aliphatic heterocycles. The minimum atomic E-state index is -1.06. The number of hydrogen-bond donors (Lipinski definition) is 1. The Morgan fingerprint density at radius 1 is 1.19 bits per heavy atom. The fourth-order valence-corrected chi connectivity index (χ4v) is 6.02. The molecule has 0 unspecified atom stereocenters. The molecule has 12 heteroatoms. The molecule has 1 atom stereocenters. The number of halogens is 3. The zero-order chi connectivity index (χ0) is 29.6. The topological polar surface area (TPSA) is 99.4 Å². The molecule has 0 saturated carbocycles. The summed E-state index contributed by atoms with van der Waals surface area (Å²) in [5, 5.41) is 10.2. The summed E-state index contributed by atoms with van der Waals surface area (Å²) in [6, 6.07) is 11.6. The third kappa shape index (κ3) is 5.47. The van der Waals surface area contributed by atoms with Crippen molar-refractivity contribution >= 4 is 39.9 Å². The van der Waals surface area contributed by atoms with E-state index in [0.717, 1.165) is 12.1 Å². The number of imidazole rings is 1. The molecule has 0 amide bonds. The van der Waals surface area contributed by atoms with Gasteiger partial charge in [0.05, 0.1) is 47.7 Å². The summed E-state index contributed by atoms with van der Waals surface area (Å²) in [4.78, 5) is 24.9. The number of ether oxygens (including phenoxy) is 2. The lowest BCUT2D eigenvalue weighted by Crippen LogP contribution is -2.27. The molecule has 1 saturated heterocycles. The van der Waals surface area contributed by atoms with Crippen LogP contribution in [0.25, 0.3) is 22.3 Å². The number of thiazole rings is 1. The van der Waals surface area contributed by atoms with Crippen LogP contribution in [-0.4, -0.2) is 43.8 Å². The van der Waals surface area contributed by atoms with E-state index in [1.165, 1.54) is 23.6 Å². The van der Waals surface area contributed by atoms with Crippen molar-refractivity contribution in [3.05, 3.63) is 92.7 Å². The number of carbonyl (C=O) groups is 1. The summed E-state index contributed by atoms with van der Waals surface area (Å²) in [5.74, 6) is -1.61. The van der Waals surface area contributed by atoms with E-state index >= 15 is 8.78 Å². The molecular weight excluding hydrogens is 586 g/mol. The largest absolute Gasteiger partial charge is 0.478 e. The molecule has 42 heavy (non-hydrogen) atoms. The molecular formula is C30H25ClF2N4O4S. The van der Waals surface area contributed by atoms with Gasteiger partial charge < -0.3 is 19.1 Å². The minimum Gasteiger partial charge on any atom is -0.478 e. The maximum atomic E-state index is 15.6. The van der Waals surface area contributed by atoms with Crippen LogP contribution in [0.3, 0.4) is 0 Å². The standard InChI is InChI=1S/C30H25ClF2N4O4S/c1-30(2)15-40-13-24(30)37-23-9-16(29(38)39)6-7-22(23)35-26(37)10-17-8-20(33)18(11-19(17)32)21-4-3-5-27(36-21)41-14-28-34-12-25(31)42-28/h3-9,11-12,24H,10,13-15H2,1-2H3,(H,38,39)/t24-/m1/s1. The van der Waals surface area contributed by atoms with Gasteiger partial charge in [-0.1, -0.05) is 31.5 Å². The van der Waals surface area contributed by atoms with Crippen molar-refractivity contribution in [2.75, 3.05) is 13.2 Å². The van der Waals surface area contributed by atoms with Gasteiger partial charge in [-0.25, -0.2) is 28.5 Å². The Balaban J connectivity index is 1.33. The molecule has 6 rings (SSSR count). The second-order valence-corrected chi connectivity index (χ2v) is 12.5. The van der Waals surface area contributed by atoms with Crippen LogP contribution in [-0.2, 0) is 17.8 Å². The van der Waals surface area contributed by atoms with Gasteiger partial charge in [-0.3, -0.25) is 0 Å². The van der Waals surface area contributed by atoms with Crippen molar-refractivity contribution in [1.82, 2.24) is 19.5 Å². The Labute approximate surface area is 248 Å². The van der Waals surface area contributed by atoms with Crippen molar-refractivity contribution in [3.8, 4) is 17.1 Å². The van der Waals surface area contributed by atoms with Crippen LogP contribution < -0.4 is 4.74 Å². The number of hydrogen-bond acceptors (Lipinski definition) is 7. The van der Waals surface area contributed by atoms with Crippen LogP contribution in [0.2, 0.25) is 4.34 Å². The monoisotopic (exact) mass is 610 g/mol. The van der Waals surface area contributed by atoms with Crippen molar-refractivity contribution in [3.63, 3.8) is 0 Å². The van der Waals surface area contributed by atoms with Gasteiger partial charge in [-0.2, -0.15) is 0 Å². The van der Waals surface area contributed by atoms with Crippen molar-refractivity contribution < 1.29 is 28.2 Å². The molecule has 2 aromatic carbocycles. The Bertz CT molecular complexity index is 1820. The molecule has 0 spiro atoms. The van der Waals surface area contributed by atoms with Gasteiger partial charge in [0.15, 0.2) is 0 Å². The van der Waals surface area contributed by atoms with Crippen LogP contribution in [0.1, 0.15) is 46.6 Å². The molecule has 0 radical (unpaired) electrons. The van der Waals surface area contributed by atoms with E-state index in [4.69, 9.17) is 26.1 Å². The van der Waals surface area contributed by atoms with E-state index < -0.39 is 17.6 Å². The summed E-state index contributed by atoms with van der Waals surface area (Å²) in [6.45, 7) is 5.13. The highest BCUT2D eigenvalue weighted by Gasteiger charge is 2.39. The highest BCUT2D eigenvalue weighted by atomic mass is 35.5. The van der Waals surface area contributed by atoms with Gasteiger partial charge in [0.2, 0.25) is 5.88 Å². The maximum Gasteiger partial charge on any atom is 0.335 e. The lowest BCUT2D eigenvalue weighted by atomic mass is 9.87. The summed E-state index contributed by atoms with van der Waals surface area (Å²) >= 11 is 7.19. The molecule has 0 bridgehead atoms. The fraction of sp³-hybridized carbons (Fsp3) is 0.267. The number of aromatic carboxylic acids is 1. The Kier molecular flexibility index (Phi) is 7.42. The first-order valence-corrected chi connectivity index (χ1v) is 14.3. The predicted octanol–water partition coefficient (Wildman–Crippen LogP) is 6.95. The van der Waals surface area contributed by atoms with Gasteiger partial charge in [-0.05, 0) is 42.0 Å². The average molecular weight is 611 g/mol. The lowest BCUT2D eigenvalue weighted by molar-refractivity contribution is 0.0697. The van der Waals surface area contributed by atoms with Crippen LogP contribution in [0.15, 0.2) is 54.7 Å². The van der Waals surface area contributed by atoms with Gasteiger partial charge in [0.25, 0.3) is 0 Å². The van der Waals surface area contributed by atoms with Crippen LogP contribution in [0.5, 0.6) is 5.88 Å². The number of aromatic nitrogens is 4. The quantitative estimate of drug-likeness (QED) is 0.203.